The first kappa shape index (κ1) is 14.5. The molecular formula is C13H15N3O3. The maximum Gasteiger partial charge on any atom is 0.323 e. The quantitative estimate of drug-likeness (QED) is 0.832. The molecule has 6 heteroatoms. The molecule has 0 saturated heterocycles. The summed E-state index contributed by atoms with van der Waals surface area (Å²) < 4.78 is 0. The molecule has 1 aromatic carbocycles. The Labute approximate surface area is 111 Å². The number of rotatable bonds is 5. The number of hydrogen-bond donors (Lipinski definition) is 2. The molecule has 1 rings (SSSR count). The van der Waals surface area contributed by atoms with Crippen molar-refractivity contribution < 1.29 is 14.7 Å². The highest BCUT2D eigenvalue weighted by atomic mass is 16.4. The number of likely N-dealkylation sites (N-methyl/N-ethyl adjacent to an activating group) is 1. The highest BCUT2D eigenvalue weighted by molar-refractivity contribution is 5.80. The molecule has 0 heterocycles. The fourth-order valence-electron chi connectivity index (χ4n) is 1.48. The zero-order chi connectivity index (χ0) is 14.3. The van der Waals surface area contributed by atoms with Crippen molar-refractivity contribution in [3.05, 3.63) is 35.4 Å². The number of nitrogens with one attached hydrogen (secondary N) is 1. The van der Waals surface area contributed by atoms with Gasteiger partial charge in [-0.25, -0.2) is 4.79 Å². The van der Waals surface area contributed by atoms with Crippen molar-refractivity contribution in [3.8, 4) is 6.07 Å². The number of carbonyl (C=O) groups is 2. The minimum absolute atomic E-state index is 0.292. The van der Waals surface area contributed by atoms with Crippen molar-refractivity contribution in [1.29, 1.82) is 5.26 Å². The first-order valence-corrected chi connectivity index (χ1v) is 5.80. The Hall–Kier alpha value is -2.55. The molecule has 0 bridgehead atoms. The summed E-state index contributed by atoms with van der Waals surface area (Å²) in [5, 5.41) is 19.9. The largest absolute Gasteiger partial charge is 0.480 e. The van der Waals surface area contributed by atoms with Gasteiger partial charge in [0.15, 0.2) is 0 Å². The Bertz CT molecular complexity index is 491. The maximum absolute atomic E-state index is 11.7. The van der Waals surface area contributed by atoms with Crippen LogP contribution in [0.1, 0.15) is 18.1 Å². The van der Waals surface area contributed by atoms with E-state index in [-0.39, 0.29) is 6.54 Å². The third-order valence-electron chi connectivity index (χ3n) is 2.52. The maximum atomic E-state index is 11.7. The van der Waals surface area contributed by atoms with Gasteiger partial charge in [-0.15, -0.1) is 0 Å². The Kier molecular flexibility index (Phi) is 5.35. The zero-order valence-electron chi connectivity index (χ0n) is 10.6. The molecule has 0 saturated carbocycles. The van der Waals surface area contributed by atoms with Crippen LogP contribution in [0.25, 0.3) is 0 Å². The molecule has 0 aromatic heterocycles. The molecule has 0 aliphatic carbocycles. The topological polar surface area (TPSA) is 93.4 Å². The predicted molar refractivity (Wildman–Crippen MR) is 68.3 cm³/mol. The first-order valence-electron chi connectivity index (χ1n) is 5.80. The number of nitriles is 1. The lowest BCUT2D eigenvalue weighted by Crippen LogP contribution is -2.42. The molecule has 2 amide bonds. The highest BCUT2D eigenvalue weighted by Crippen LogP contribution is 2.03. The molecule has 0 aliphatic heterocycles. The summed E-state index contributed by atoms with van der Waals surface area (Å²) in [6.45, 7) is 2.01. The number of carbonyl (C=O) groups excluding carboxylic acids is 1. The lowest BCUT2D eigenvalue weighted by molar-refractivity contribution is -0.137. The van der Waals surface area contributed by atoms with E-state index in [1.807, 2.05) is 6.07 Å². The molecule has 1 aromatic rings. The summed E-state index contributed by atoms with van der Waals surface area (Å²) in [7, 11) is 0. The molecule has 100 valence electrons. The predicted octanol–water partition coefficient (Wildman–Crippen LogP) is 1.17. The van der Waals surface area contributed by atoms with E-state index in [9.17, 15) is 9.59 Å². The number of benzene rings is 1. The molecule has 0 fully saturated rings. The molecule has 0 atom stereocenters. The Morgan fingerprint density at radius 3 is 2.47 bits per heavy atom. The molecule has 19 heavy (non-hydrogen) atoms. The average molecular weight is 261 g/mol. The van der Waals surface area contributed by atoms with Crippen LogP contribution in [-0.2, 0) is 11.3 Å². The van der Waals surface area contributed by atoms with E-state index >= 15 is 0 Å². The van der Waals surface area contributed by atoms with Gasteiger partial charge in [-0.1, -0.05) is 12.1 Å². The minimum Gasteiger partial charge on any atom is -0.480 e. The Balaban J connectivity index is 2.52. The third kappa shape index (κ3) is 4.68. The van der Waals surface area contributed by atoms with Gasteiger partial charge in [0, 0.05) is 13.1 Å². The average Bonchev–Trinajstić information content (AvgIpc) is 2.42. The van der Waals surface area contributed by atoms with Gasteiger partial charge in [0.1, 0.15) is 6.54 Å². The summed E-state index contributed by atoms with van der Waals surface area (Å²) in [6.07, 6.45) is 0. The third-order valence-corrected chi connectivity index (χ3v) is 2.52. The molecule has 0 spiro atoms. The van der Waals surface area contributed by atoms with E-state index in [0.717, 1.165) is 5.56 Å². The highest BCUT2D eigenvalue weighted by Gasteiger charge is 2.13. The number of nitrogens with zero attached hydrogens (tertiary/aromatic N) is 2. The van der Waals surface area contributed by atoms with Gasteiger partial charge in [-0.05, 0) is 24.6 Å². The number of aliphatic carboxylic acids is 1. The van der Waals surface area contributed by atoms with Crippen molar-refractivity contribution in [1.82, 2.24) is 10.2 Å². The van der Waals surface area contributed by atoms with E-state index in [2.05, 4.69) is 5.32 Å². The second-order valence-corrected chi connectivity index (χ2v) is 3.88. The molecule has 0 radical (unpaired) electrons. The SMILES string of the molecule is CCN(CC(=O)O)C(=O)NCc1ccc(C#N)cc1. The van der Waals surface area contributed by atoms with E-state index < -0.39 is 12.0 Å². The van der Waals surface area contributed by atoms with Crippen molar-refractivity contribution in [2.75, 3.05) is 13.1 Å². The number of urea groups is 1. The normalized spacial score (nSPS) is 9.47. The van der Waals surface area contributed by atoms with Crippen molar-refractivity contribution in [2.45, 2.75) is 13.5 Å². The molecule has 0 unspecified atom stereocenters. The summed E-state index contributed by atoms with van der Waals surface area (Å²) in [5.74, 6) is -1.05. The van der Waals surface area contributed by atoms with Gasteiger partial charge < -0.3 is 15.3 Å². The van der Waals surface area contributed by atoms with Crippen LogP contribution in [0, 0.1) is 11.3 Å². The van der Waals surface area contributed by atoms with Gasteiger partial charge in [-0.3, -0.25) is 4.79 Å². The van der Waals surface area contributed by atoms with Crippen LogP contribution in [-0.4, -0.2) is 35.1 Å². The van der Waals surface area contributed by atoms with Gasteiger partial charge in [0.25, 0.3) is 0 Å². The smallest absolute Gasteiger partial charge is 0.323 e. The zero-order valence-corrected chi connectivity index (χ0v) is 10.6. The minimum atomic E-state index is -1.05. The fourth-order valence-corrected chi connectivity index (χ4v) is 1.48. The first-order chi connectivity index (χ1) is 9.06. The van der Waals surface area contributed by atoms with Crippen LogP contribution in [0.2, 0.25) is 0 Å². The van der Waals surface area contributed by atoms with Crippen LogP contribution >= 0.6 is 0 Å². The summed E-state index contributed by atoms with van der Waals surface area (Å²) in [4.78, 5) is 23.5. The number of carboxylic acid groups (broad SMARTS) is 1. The monoisotopic (exact) mass is 261 g/mol. The van der Waals surface area contributed by atoms with Crippen LogP contribution in [0.3, 0.4) is 0 Å². The van der Waals surface area contributed by atoms with Gasteiger partial charge in [0.05, 0.1) is 11.6 Å². The number of amides is 2. The summed E-state index contributed by atoms with van der Waals surface area (Å²) >= 11 is 0. The lowest BCUT2D eigenvalue weighted by Gasteiger charge is -2.19. The van der Waals surface area contributed by atoms with E-state index in [1.54, 1.807) is 31.2 Å². The van der Waals surface area contributed by atoms with Crippen LogP contribution in [0.4, 0.5) is 4.79 Å². The van der Waals surface area contributed by atoms with Crippen LogP contribution in [0.15, 0.2) is 24.3 Å². The van der Waals surface area contributed by atoms with Crippen molar-refractivity contribution in [2.24, 2.45) is 0 Å². The van der Waals surface area contributed by atoms with E-state index in [1.165, 1.54) is 4.90 Å². The van der Waals surface area contributed by atoms with Crippen LogP contribution in [0.5, 0.6) is 0 Å². The Morgan fingerprint density at radius 2 is 2.00 bits per heavy atom. The molecule has 0 aliphatic rings. The van der Waals surface area contributed by atoms with Crippen molar-refractivity contribution in [3.63, 3.8) is 0 Å². The summed E-state index contributed by atoms with van der Waals surface area (Å²) in [6, 6.07) is 8.40. The van der Waals surface area contributed by atoms with Gasteiger partial charge >= 0.3 is 12.0 Å². The second kappa shape index (κ2) is 7.01. The van der Waals surface area contributed by atoms with Crippen molar-refractivity contribution >= 4 is 12.0 Å². The fraction of sp³-hybridized carbons (Fsp3) is 0.308. The van der Waals surface area contributed by atoms with Gasteiger partial charge in [0.2, 0.25) is 0 Å². The molecule has 6 nitrogen and oxygen atoms in total. The number of carboxylic acids is 1. The van der Waals surface area contributed by atoms with E-state index in [0.29, 0.717) is 18.7 Å². The lowest BCUT2D eigenvalue weighted by atomic mass is 10.1. The number of hydrogen-bond acceptors (Lipinski definition) is 3. The van der Waals surface area contributed by atoms with Gasteiger partial charge in [-0.2, -0.15) is 5.26 Å². The molecule has 2 N–H and O–H groups in total. The van der Waals surface area contributed by atoms with Crippen LogP contribution < -0.4 is 5.32 Å². The standard InChI is InChI=1S/C13H15N3O3/c1-2-16(9-12(17)18)13(19)15-8-11-5-3-10(7-14)4-6-11/h3-6H,2,8-9H2,1H3,(H,15,19)(H,17,18). The summed E-state index contributed by atoms with van der Waals surface area (Å²) in [5.41, 5.74) is 1.40. The Morgan fingerprint density at radius 1 is 1.37 bits per heavy atom. The van der Waals surface area contributed by atoms with E-state index in [4.69, 9.17) is 10.4 Å². The molecular weight excluding hydrogens is 246 g/mol. The second-order valence-electron chi connectivity index (χ2n) is 3.88.